The number of hydrogen-bond donors (Lipinski definition) is 0. The van der Waals surface area contributed by atoms with E-state index in [0.29, 0.717) is 5.25 Å². The molecule has 1 unspecified atom stereocenters. The average molecular weight is 626 g/mol. The molecule has 0 amide bonds. The predicted octanol–water partition coefficient (Wildman–Crippen LogP) is 9.45. The summed E-state index contributed by atoms with van der Waals surface area (Å²) in [4.78, 5) is 4.54. The molecule has 0 radical (unpaired) electrons. The number of nitrogens with zero attached hydrogens (tertiary/aromatic N) is 2. The number of aromatic nitrogens is 1. The third-order valence-electron chi connectivity index (χ3n) is 8.61. The van der Waals surface area contributed by atoms with Crippen LogP contribution in [0.4, 0.5) is 5.69 Å². The van der Waals surface area contributed by atoms with Crippen LogP contribution in [0, 0.1) is 0 Å². The van der Waals surface area contributed by atoms with Gasteiger partial charge in [-0.25, -0.2) is 0 Å². The molecule has 1 atom stereocenters. The lowest BCUT2D eigenvalue weighted by atomic mass is 10.1. The maximum absolute atomic E-state index is 13.4. The molecular weight excluding hydrogens is 589 g/mol. The monoisotopic (exact) mass is 625 g/mol. The number of allylic oxidation sites excluding steroid dienone is 4. The summed E-state index contributed by atoms with van der Waals surface area (Å²) in [5.41, 5.74) is 6.12. The van der Waals surface area contributed by atoms with Crippen molar-refractivity contribution in [3.8, 4) is 0 Å². The Kier molecular flexibility index (Phi) is 9.08. The SMILES string of the molecule is O=S(c1ccc2c(c1)N(Cc1ccccc1)C(=CC=CC=Cc1cc[n+](Cc3ccccc3)c3ccccc13)S2)C1CCCC1. The van der Waals surface area contributed by atoms with Crippen molar-refractivity contribution in [3.05, 3.63) is 161 Å². The summed E-state index contributed by atoms with van der Waals surface area (Å²) in [5.74, 6) is 0. The molecule has 1 aromatic heterocycles. The lowest BCUT2D eigenvalue weighted by molar-refractivity contribution is -0.662. The van der Waals surface area contributed by atoms with Crippen LogP contribution < -0.4 is 9.47 Å². The Morgan fingerprint density at radius 1 is 0.800 bits per heavy atom. The first-order valence-corrected chi connectivity index (χ1v) is 17.8. The van der Waals surface area contributed by atoms with Crippen LogP contribution in [-0.4, -0.2) is 9.46 Å². The van der Waals surface area contributed by atoms with Gasteiger partial charge in [0, 0.05) is 39.3 Å². The number of para-hydroxylation sites is 1. The number of pyridine rings is 1. The zero-order valence-corrected chi connectivity index (χ0v) is 26.9. The van der Waals surface area contributed by atoms with Crippen molar-refractivity contribution in [2.75, 3.05) is 4.90 Å². The lowest BCUT2D eigenvalue weighted by Gasteiger charge is -2.21. The van der Waals surface area contributed by atoms with Gasteiger partial charge in [0.1, 0.15) is 0 Å². The van der Waals surface area contributed by atoms with Crippen molar-refractivity contribution in [1.82, 2.24) is 0 Å². The fourth-order valence-corrected chi connectivity index (χ4v) is 8.92. The van der Waals surface area contributed by atoms with Gasteiger partial charge < -0.3 is 4.90 Å². The van der Waals surface area contributed by atoms with Gasteiger partial charge in [-0.2, -0.15) is 4.57 Å². The Bertz CT molecular complexity index is 1910. The van der Waals surface area contributed by atoms with E-state index in [4.69, 9.17) is 0 Å². The fourth-order valence-electron chi connectivity index (χ4n) is 6.29. The Balaban J connectivity index is 1.12. The molecule has 4 aromatic carbocycles. The summed E-state index contributed by atoms with van der Waals surface area (Å²) in [6, 6.07) is 38.4. The summed E-state index contributed by atoms with van der Waals surface area (Å²) in [7, 11) is -0.953. The van der Waals surface area contributed by atoms with E-state index in [1.165, 1.54) is 50.4 Å². The van der Waals surface area contributed by atoms with Crippen LogP contribution in [0.25, 0.3) is 17.0 Å². The molecule has 1 aliphatic heterocycles. The molecular formula is C40H37N2OS2+. The molecule has 2 heterocycles. The first-order chi connectivity index (χ1) is 22.2. The van der Waals surface area contributed by atoms with Crippen molar-refractivity contribution in [2.24, 2.45) is 0 Å². The minimum Gasteiger partial charge on any atom is -0.330 e. The molecule has 5 aromatic rings. The molecule has 0 spiro atoms. The number of thioether (sulfide) groups is 1. The lowest BCUT2D eigenvalue weighted by Crippen LogP contribution is -2.34. The highest BCUT2D eigenvalue weighted by Crippen LogP contribution is 2.47. The van der Waals surface area contributed by atoms with Crippen molar-refractivity contribution < 1.29 is 8.78 Å². The van der Waals surface area contributed by atoms with Crippen LogP contribution in [0.2, 0.25) is 0 Å². The molecule has 1 aliphatic carbocycles. The van der Waals surface area contributed by atoms with Crippen LogP contribution >= 0.6 is 11.8 Å². The van der Waals surface area contributed by atoms with E-state index in [1.807, 2.05) is 0 Å². The minimum atomic E-state index is -0.953. The highest BCUT2D eigenvalue weighted by atomic mass is 32.2. The summed E-state index contributed by atoms with van der Waals surface area (Å²) >= 11 is 1.78. The number of rotatable bonds is 9. The van der Waals surface area contributed by atoms with Crippen LogP contribution in [0.5, 0.6) is 0 Å². The molecule has 45 heavy (non-hydrogen) atoms. The van der Waals surface area contributed by atoms with E-state index in [1.54, 1.807) is 11.8 Å². The molecule has 1 saturated carbocycles. The third kappa shape index (κ3) is 6.75. The Morgan fingerprint density at radius 3 is 2.33 bits per heavy atom. The zero-order chi connectivity index (χ0) is 30.4. The summed E-state index contributed by atoms with van der Waals surface area (Å²) in [6.45, 7) is 1.62. The maximum Gasteiger partial charge on any atom is 0.213 e. The van der Waals surface area contributed by atoms with E-state index < -0.39 is 10.8 Å². The molecule has 0 saturated heterocycles. The van der Waals surface area contributed by atoms with Gasteiger partial charge in [0.05, 0.1) is 26.9 Å². The van der Waals surface area contributed by atoms with E-state index in [0.717, 1.165) is 36.5 Å². The van der Waals surface area contributed by atoms with Gasteiger partial charge in [0.25, 0.3) is 0 Å². The van der Waals surface area contributed by atoms with Crippen molar-refractivity contribution >= 4 is 45.2 Å². The molecule has 1 fully saturated rings. The summed E-state index contributed by atoms with van der Waals surface area (Å²) < 4.78 is 15.7. The van der Waals surface area contributed by atoms with Crippen molar-refractivity contribution in [3.63, 3.8) is 0 Å². The molecule has 7 rings (SSSR count). The quantitative estimate of drug-likeness (QED) is 0.120. The van der Waals surface area contributed by atoms with E-state index in [2.05, 4.69) is 155 Å². The highest BCUT2D eigenvalue weighted by Gasteiger charge is 2.28. The minimum absolute atomic E-state index is 0.292. The summed E-state index contributed by atoms with van der Waals surface area (Å²) in [5, 5.41) is 2.70. The predicted molar refractivity (Wildman–Crippen MR) is 190 cm³/mol. The Morgan fingerprint density at radius 2 is 1.53 bits per heavy atom. The van der Waals surface area contributed by atoms with Crippen molar-refractivity contribution in [2.45, 2.75) is 53.8 Å². The average Bonchev–Trinajstić information content (AvgIpc) is 3.75. The Labute approximate surface area is 273 Å². The first-order valence-electron chi connectivity index (χ1n) is 15.8. The van der Waals surface area contributed by atoms with Crippen molar-refractivity contribution in [1.29, 1.82) is 0 Å². The van der Waals surface area contributed by atoms with Crippen LogP contribution in [0.1, 0.15) is 42.4 Å². The van der Waals surface area contributed by atoms with E-state index >= 15 is 0 Å². The van der Waals surface area contributed by atoms with Gasteiger partial charge in [-0.05, 0) is 54.3 Å². The fraction of sp³-hybridized carbons (Fsp3) is 0.175. The second-order valence-electron chi connectivity index (χ2n) is 11.7. The van der Waals surface area contributed by atoms with Gasteiger partial charge in [-0.1, -0.05) is 122 Å². The van der Waals surface area contributed by atoms with Crippen LogP contribution in [0.3, 0.4) is 0 Å². The number of hydrogen-bond acceptors (Lipinski definition) is 3. The highest BCUT2D eigenvalue weighted by molar-refractivity contribution is 8.03. The Hall–Kier alpha value is -4.19. The summed E-state index contributed by atoms with van der Waals surface area (Å²) in [6.07, 6.45) is 17.5. The van der Waals surface area contributed by atoms with Crippen LogP contribution in [0.15, 0.2) is 155 Å². The van der Waals surface area contributed by atoms with Gasteiger partial charge in [-0.3, -0.25) is 4.21 Å². The third-order valence-corrected chi connectivity index (χ3v) is 11.5. The maximum atomic E-state index is 13.4. The molecule has 0 N–H and O–H groups in total. The molecule has 0 bridgehead atoms. The first kappa shape index (κ1) is 29.5. The number of benzene rings is 4. The molecule has 2 aliphatic rings. The van der Waals surface area contributed by atoms with Gasteiger partial charge in [0.15, 0.2) is 12.7 Å². The molecule has 224 valence electrons. The molecule has 3 nitrogen and oxygen atoms in total. The largest absolute Gasteiger partial charge is 0.330 e. The van der Waals surface area contributed by atoms with Crippen LogP contribution in [-0.2, 0) is 23.9 Å². The smallest absolute Gasteiger partial charge is 0.213 e. The van der Waals surface area contributed by atoms with Gasteiger partial charge >= 0.3 is 0 Å². The van der Waals surface area contributed by atoms with Gasteiger partial charge in [0.2, 0.25) is 5.52 Å². The molecule has 5 heteroatoms. The van der Waals surface area contributed by atoms with E-state index in [9.17, 15) is 4.21 Å². The normalized spacial score (nSPS) is 16.8. The standard InChI is InChI=1S/C40H37N2OS2/c43-45(34-19-10-11-20-34)35-24-25-39-38(28-35)42(30-32-16-6-2-7-17-32)40(44-39)23-9-3-8-18-33-26-27-41(29-31-14-4-1-5-15-31)37-22-13-12-21-36(33)37/h1-9,12-18,21-28,34H,10-11,19-20,29-30H2/q+1. The second-order valence-corrected chi connectivity index (χ2v) is 14.5. The van der Waals surface area contributed by atoms with Gasteiger partial charge in [-0.15, -0.1) is 0 Å². The topological polar surface area (TPSA) is 24.2 Å². The second kappa shape index (κ2) is 13.8. The van der Waals surface area contributed by atoms with E-state index in [-0.39, 0.29) is 0 Å². The number of fused-ring (bicyclic) bond motifs is 2. The number of anilines is 1. The zero-order valence-electron chi connectivity index (χ0n) is 25.3.